The fourth-order valence-electron chi connectivity index (χ4n) is 1.42. The normalized spacial score (nSPS) is 11.2. The van der Waals surface area contributed by atoms with Gasteiger partial charge in [0.05, 0.1) is 0 Å². The molecule has 0 aliphatic heterocycles. The fourth-order valence-corrected chi connectivity index (χ4v) is 1.42. The van der Waals surface area contributed by atoms with Crippen LogP contribution in [-0.4, -0.2) is 19.0 Å². The molecule has 0 amide bonds. The maximum atomic E-state index is 5.65. The first-order valence-corrected chi connectivity index (χ1v) is 5.43. The second-order valence-electron chi connectivity index (χ2n) is 3.61. The maximum Gasteiger partial charge on any atom is 0.188 e. The van der Waals surface area contributed by atoms with Crippen molar-refractivity contribution in [2.24, 2.45) is 10.7 Å². The number of nitrogens with one attached hydrogen (secondary N) is 1. The monoisotopic (exact) mass is 217 g/mol. The zero-order valence-corrected chi connectivity index (χ0v) is 9.74. The Labute approximate surface area is 97.1 Å². The van der Waals surface area contributed by atoms with Crippen molar-refractivity contribution >= 4 is 5.96 Å². The standard InChI is InChI=1S/C13H19N3/c1-3-9-15-13(14)16-10-8-12-7-5-4-6-11(12)2/h3-7H,1,8-10H2,2H3,(H3,14,15,16). The molecule has 3 N–H and O–H groups in total. The molecule has 0 aliphatic rings. The van der Waals surface area contributed by atoms with Crippen molar-refractivity contribution in [2.75, 3.05) is 13.1 Å². The summed E-state index contributed by atoms with van der Waals surface area (Å²) in [5.41, 5.74) is 8.28. The van der Waals surface area contributed by atoms with E-state index in [2.05, 4.69) is 35.9 Å². The Kier molecular flexibility index (Phi) is 5.12. The Morgan fingerprint density at radius 3 is 2.94 bits per heavy atom. The molecule has 1 rings (SSSR count). The minimum absolute atomic E-state index is 0.480. The predicted molar refractivity (Wildman–Crippen MR) is 69.6 cm³/mol. The number of aliphatic imine (C=N–C) groups is 1. The van der Waals surface area contributed by atoms with Crippen LogP contribution in [0.4, 0.5) is 0 Å². The zero-order valence-electron chi connectivity index (χ0n) is 9.74. The summed E-state index contributed by atoms with van der Waals surface area (Å²) in [5, 5.41) is 2.94. The average molecular weight is 217 g/mol. The molecule has 16 heavy (non-hydrogen) atoms. The van der Waals surface area contributed by atoms with Crippen molar-refractivity contribution < 1.29 is 0 Å². The van der Waals surface area contributed by atoms with Gasteiger partial charge >= 0.3 is 0 Å². The van der Waals surface area contributed by atoms with Gasteiger partial charge in [0.15, 0.2) is 5.96 Å². The van der Waals surface area contributed by atoms with Crippen LogP contribution in [0.1, 0.15) is 11.1 Å². The molecule has 1 aromatic carbocycles. The third-order valence-electron chi connectivity index (χ3n) is 2.35. The van der Waals surface area contributed by atoms with E-state index in [4.69, 9.17) is 5.73 Å². The van der Waals surface area contributed by atoms with Gasteiger partial charge in [-0.05, 0) is 24.5 Å². The Hall–Kier alpha value is -1.77. The highest BCUT2D eigenvalue weighted by Gasteiger charge is 1.96. The number of nitrogens with two attached hydrogens (primary N) is 1. The minimum atomic E-state index is 0.480. The molecule has 3 heteroatoms. The van der Waals surface area contributed by atoms with E-state index in [0.29, 0.717) is 19.0 Å². The van der Waals surface area contributed by atoms with E-state index in [-0.39, 0.29) is 0 Å². The molecule has 0 saturated heterocycles. The van der Waals surface area contributed by atoms with Gasteiger partial charge in [-0.2, -0.15) is 0 Å². The van der Waals surface area contributed by atoms with Crippen molar-refractivity contribution in [3.8, 4) is 0 Å². The summed E-state index contributed by atoms with van der Waals surface area (Å²) in [4.78, 5) is 4.23. The molecule has 0 bridgehead atoms. The van der Waals surface area contributed by atoms with Gasteiger partial charge in [-0.15, -0.1) is 6.58 Å². The van der Waals surface area contributed by atoms with Gasteiger partial charge in [-0.1, -0.05) is 30.3 Å². The molecule has 0 aromatic heterocycles. The van der Waals surface area contributed by atoms with Crippen LogP contribution in [0.25, 0.3) is 0 Å². The van der Waals surface area contributed by atoms with Gasteiger partial charge in [0.1, 0.15) is 0 Å². The van der Waals surface area contributed by atoms with Crippen molar-refractivity contribution in [1.82, 2.24) is 5.32 Å². The summed E-state index contributed by atoms with van der Waals surface area (Å²) in [6.45, 7) is 7.07. The van der Waals surface area contributed by atoms with E-state index in [1.165, 1.54) is 11.1 Å². The number of nitrogens with zero attached hydrogens (tertiary/aromatic N) is 1. The van der Waals surface area contributed by atoms with Gasteiger partial charge in [0.25, 0.3) is 0 Å². The van der Waals surface area contributed by atoms with E-state index in [1.54, 1.807) is 6.08 Å². The lowest BCUT2D eigenvalue weighted by Gasteiger charge is -2.04. The summed E-state index contributed by atoms with van der Waals surface area (Å²) in [5.74, 6) is 0.480. The summed E-state index contributed by atoms with van der Waals surface area (Å²) >= 11 is 0. The van der Waals surface area contributed by atoms with Gasteiger partial charge in [-0.25, -0.2) is 0 Å². The quantitative estimate of drug-likeness (QED) is 0.447. The summed E-state index contributed by atoms with van der Waals surface area (Å²) in [7, 11) is 0. The molecule has 0 radical (unpaired) electrons. The number of hydrogen-bond acceptors (Lipinski definition) is 1. The molecular formula is C13H19N3. The van der Waals surface area contributed by atoms with Gasteiger partial charge in [0, 0.05) is 13.1 Å². The highest BCUT2D eigenvalue weighted by atomic mass is 15.1. The zero-order chi connectivity index (χ0) is 11.8. The third-order valence-corrected chi connectivity index (χ3v) is 2.35. The predicted octanol–water partition coefficient (Wildman–Crippen LogP) is 1.63. The van der Waals surface area contributed by atoms with Crippen LogP contribution in [-0.2, 0) is 6.42 Å². The van der Waals surface area contributed by atoms with Crippen LogP contribution in [0, 0.1) is 6.92 Å². The maximum absolute atomic E-state index is 5.65. The number of aryl methyl sites for hydroxylation is 1. The topological polar surface area (TPSA) is 50.4 Å². The summed E-state index contributed by atoms with van der Waals surface area (Å²) in [6.07, 6.45) is 2.67. The number of guanidine groups is 1. The Morgan fingerprint density at radius 1 is 1.50 bits per heavy atom. The second-order valence-corrected chi connectivity index (χ2v) is 3.61. The molecular weight excluding hydrogens is 198 g/mol. The second kappa shape index (κ2) is 6.67. The molecule has 0 spiro atoms. The van der Waals surface area contributed by atoms with Crippen LogP contribution < -0.4 is 11.1 Å². The van der Waals surface area contributed by atoms with Gasteiger partial charge in [-0.3, -0.25) is 4.99 Å². The molecule has 86 valence electrons. The van der Waals surface area contributed by atoms with Crippen LogP contribution >= 0.6 is 0 Å². The Bertz CT molecular complexity index is 369. The van der Waals surface area contributed by atoms with E-state index in [0.717, 1.165) is 6.42 Å². The SMILES string of the molecule is C=CCNC(N)=NCCc1ccccc1C. The molecule has 0 fully saturated rings. The highest BCUT2D eigenvalue weighted by Crippen LogP contribution is 2.07. The Morgan fingerprint density at radius 2 is 2.25 bits per heavy atom. The molecule has 0 aliphatic carbocycles. The van der Waals surface area contributed by atoms with Crippen LogP contribution in [0.15, 0.2) is 41.9 Å². The first kappa shape index (κ1) is 12.3. The summed E-state index contributed by atoms with van der Waals surface area (Å²) in [6, 6.07) is 8.32. The lowest BCUT2D eigenvalue weighted by molar-refractivity contribution is 0.923. The number of benzene rings is 1. The van der Waals surface area contributed by atoms with Gasteiger partial charge in [0.2, 0.25) is 0 Å². The first-order chi connectivity index (χ1) is 7.74. The van der Waals surface area contributed by atoms with Crippen LogP contribution in [0.3, 0.4) is 0 Å². The van der Waals surface area contributed by atoms with Gasteiger partial charge < -0.3 is 11.1 Å². The van der Waals surface area contributed by atoms with Crippen molar-refractivity contribution in [3.63, 3.8) is 0 Å². The molecule has 0 saturated carbocycles. The lowest BCUT2D eigenvalue weighted by Crippen LogP contribution is -2.31. The highest BCUT2D eigenvalue weighted by molar-refractivity contribution is 5.77. The van der Waals surface area contributed by atoms with Crippen molar-refractivity contribution in [3.05, 3.63) is 48.0 Å². The van der Waals surface area contributed by atoms with Crippen LogP contribution in [0.2, 0.25) is 0 Å². The Balaban J connectivity index is 2.40. The fraction of sp³-hybridized carbons (Fsp3) is 0.308. The van der Waals surface area contributed by atoms with E-state index >= 15 is 0 Å². The third kappa shape index (κ3) is 4.17. The largest absolute Gasteiger partial charge is 0.370 e. The van der Waals surface area contributed by atoms with E-state index < -0.39 is 0 Å². The van der Waals surface area contributed by atoms with E-state index in [9.17, 15) is 0 Å². The van der Waals surface area contributed by atoms with E-state index in [1.807, 2.05) is 12.1 Å². The molecule has 0 atom stereocenters. The molecule has 0 unspecified atom stereocenters. The van der Waals surface area contributed by atoms with Crippen molar-refractivity contribution in [1.29, 1.82) is 0 Å². The van der Waals surface area contributed by atoms with Crippen molar-refractivity contribution in [2.45, 2.75) is 13.3 Å². The number of rotatable bonds is 5. The molecule has 1 aromatic rings. The minimum Gasteiger partial charge on any atom is -0.370 e. The summed E-state index contributed by atoms with van der Waals surface area (Å²) < 4.78 is 0. The van der Waals surface area contributed by atoms with Crippen LogP contribution in [0.5, 0.6) is 0 Å². The number of hydrogen-bond donors (Lipinski definition) is 2. The smallest absolute Gasteiger partial charge is 0.188 e. The molecule has 0 heterocycles. The first-order valence-electron chi connectivity index (χ1n) is 5.43. The lowest BCUT2D eigenvalue weighted by atomic mass is 10.1. The average Bonchev–Trinajstić information content (AvgIpc) is 2.29. The molecule has 3 nitrogen and oxygen atoms in total.